The van der Waals surface area contributed by atoms with Crippen LogP contribution >= 0.6 is 0 Å². The Balaban J connectivity index is 2.06. The maximum Gasteiger partial charge on any atom is 0.264 e. The average Bonchev–Trinajstić information content (AvgIpc) is 3.01. The Morgan fingerprint density at radius 2 is 1.57 bits per heavy atom. The number of nitrogens with zero attached hydrogens (tertiary/aromatic N) is 2. The fourth-order valence-electron chi connectivity index (χ4n) is 4.53. The van der Waals surface area contributed by atoms with E-state index in [4.69, 9.17) is 9.47 Å². The van der Waals surface area contributed by atoms with E-state index in [1.165, 1.54) is 17.0 Å². The highest BCUT2D eigenvalue weighted by Gasteiger charge is 2.34. The summed E-state index contributed by atoms with van der Waals surface area (Å²) in [6, 6.07) is 21.1. The Morgan fingerprint density at radius 1 is 0.905 bits per heavy atom. The molecule has 0 aliphatic rings. The van der Waals surface area contributed by atoms with Gasteiger partial charge < -0.3 is 19.7 Å². The van der Waals surface area contributed by atoms with Crippen molar-refractivity contribution in [2.75, 3.05) is 31.1 Å². The maximum absolute atomic E-state index is 14.2. The summed E-state index contributed by atoms with van der Waals surface area (Å²) in [5, 5.41) is 2.94. The van der Waals surface area contributed by atoms with E-state index in [1.807, 2.05) is 26.0 Å². The molecule has 0 aliphatic heterocycles. The number of unbranched alkanes of at least 4 members (excludes halogenated alkanes) is 1. The van der Waals surface area contributed by atoms with Gasteiger partial charge in [0, 0.05) is 13.1 Å². The predicted molar refractivity (Wildman–Crippen MR) is 164 cm³/mol. The van der Waals surface area contributed by atoms with Gasteiger partial charge in [-0.25, -0.2) is 8.42 Å². The van der Waals surface area contributed by atoms with Crippen molar-refractivity contribution in [2.24, 2.45) is 0 Å². The minimum Gasteiger partial charge on any atom is -0.497 e. The van der Waals surface area contributed by atoms with Gasteiger partial charge in [0.05, 0.1) is 24.3 Å². The van der Waals surface area contributed by atoms with Crippen LogP contribution in [0.1, 0.15) is 45.6 Å². The molecule has 10 heteroatoms. The van der Waals surface area contributed by atoms with Crippen molar-refractivity contribution in [1.82, 2.24) is 10.2 Å². The number of rotatable bonds is 16. The van der Waals surface area contributed by atoms with Crippen LogP contribution < -0.4 is 19.1 Å². The lowest BCUT2D eigenvalue weighted by Gasteiger charge is -2.33. The number of sulfonamides is 1. The number of hydrogen-bond acceptors (Lipinski definition) is 6. The number of amides is 2. The third-order valence-corrected chi connectivity index (χ3v) is 8.55. The minimum atomic E-state index is -4.19. The minimum absolute atomic E-state index is 0.0372. The van der Waals surface area contributed by atoms with E-state index in [9.17, 15) is 18.0 Å². The van der Waals surface area contributed by atoms with Crippen molar-refractivity contribution in [1.29, 1.82) is 0 Å². The Labute approximate surface area is 249 Å². The molecule has 0 spiro atoms. The molecule has 3 aromatic rings. The van der Waals surface area contributed by atoms with E-state index < -0.39 is 28.5 Å². The second-order valence-corrected chi connectivity index (χ2v) is 11.5. The standard InChI is InChI=1S/C32H41N3O6S/c1-5-8-22-33-32(37)28(6-2)34(23-25-18-20-26(40-4)21-19-25)31(36)24-35(29-16-12-13-17-30(29)41-7-3)42(38,39)27-14-10-9-11-15-27/h9-21,28H,5-8,22-24H2,1-4H3,(H,33,37)/t28-/m1/s1. The summed E-state index contributed by atoms with van der Waals surface area (Å²) in [7, 11) is -2.62. The molecule has 0 saturated carbocycles. The van der Waals surface area contributed by atoms with Crippen LogP contribution in [0.25, 0.3) is 0 Å². The van der Waals surface area contributed by atoms with E-state index in [0.29, 0.717) is 31.1 Å². The van der Waals surface area contributed by atoms with Gasteiger partial charge in [0.15, 0.2) is 0 Å². The van der Waals surface area contributed by atoms with Gasteiger partial charge in [-0.3, -0.25) is 13.9 Å². The molecule has 226 valence electrons. The fraction of sp³-hybridized carbons (Fsp3) is 0.375. The number of para-hydroxylation sites is 2. The number of carbonyl (C=O) groups excluding carboxylic acids is 2. The summed E-state index contributed by atoms with van der Waals surface area (Å²) in [5.41, 5.74) is 1.01. The Bertz CT molecular complexity index is 1400. The maximum atomic E-state index is 14.2. The fourth-order valence-corrected chi connectivity index (χ4v) is 5.97. The quantitative estimate of drug-likeness (QED) is 0.234. The number of hydrogen-bond donors (Lipinski definition) is 1. The van der Waals surface area contributed by atoms with Crippen LogP contribution in [0.15, 0.2) is 83.8 Å². The third kappa shape index (κ3) is 8.25. The summed E-state index contributed by atoms with van der Waals surface area (Å²) in [4.78, 5) is 29.0. The zero-order valence-electron chi connectivity index (χ0n) is 24.8. The molecule has 9 nitrogen and oxygen atoms in total. The second kappa shape index (κ2) is 15.8. The van der Waals surface area contributed by atoms with Gasteiger partial charge in [-0.1, -0.05) is 62.7 Å². The highest BCUT2D eigenvalue weighted by Crippen LogP contribution is 2.33. The molecule has 2 amide bonds. The van der Waals surface area contributed by atoms with E-state index >= 15 is 0 Å². The van der Waals surface area contributed by atoms with Crippen LogP contribution in [-0.2, 0) is 26.2 Å². The van der Waals surface area contributed by atoms with Crippen molar-refractivity contribution < 1.29 is 27.5 Å². The van der Waals surface area contributed by atoms with Crippen LogP contribution in [0.4, 0.5) is 5.69 Å². The molecule has 0 radical (unpaired) electrons. The van der Waals surface area contributed by atoms with Crippen LogP contribution in [0, 0.1) is 0 Å². The summed E-state index contributed by atoms with van der Waals surface area (Å²) in [5.74, 6) is 0.195. The number of ether oxygens (including phenoxy) is 2. The van der Waals surface area contributed by atoms with Crippen LogP contribution in [0.5, 0.6) is 11.5 Å². The molecule has 0 unspecified atom stereocenters. The van der Waals surface area contributed by atoms with Crippen molar-refractivity contribution >= 4 is 27.5 Å². The van der Waals surface area contributed by atoms with Crippen LogP contribution in [0.3, 0.4) is 0 Å². The zero-order valence-corrected chi connectivity index (χ0v) is 25.6. The third-order valence-electron chi connectivity index (χ3n) is 6.77. The number of benzene rings is 3. The number of anilines is 1. The molecule has 3 aromatic carbocycles. The van der Waals surface area contributed by atoms with Gasteiger partial charge in [0.25, 0.3) is 10.0 Å². The van der Waals surface area contributed by atoms with Crippen molar-refractivity contribution in [3.63, 3.8) is 0 Å². The molecule has 3 rings (SSSR count). The van der Waals surface area contributed by atoms with Crippen molar-refractivity contribution in [3.05, 3.63) is 84.4 Å². The number of methoxy groups -OCH3 is 1. The molecular formula is C32H41N3O6S. The molecule has 0 aromatic heterocycles. The van der Waals surface area contributed by atoms with Gasteiger partial charge in [-0.05, 0) is 61.7 Å². The van der Waals surface area contributed by atoms with E-state index in [-0.39, 0.29) is 23.0 Å². The Morgan fingerprint density at radius 3 is 2.19 bits per heavy atom. The Hall–Kier alpha value is -4.05. The molecule has 42 heavy (non-hydrogen) atoms. The van der Waals surface area contributed by atoms with Crippen molar-refractivity contribution in [2.45, 2.75) is 57.5 Å². The van der Waals surface area contributed by atoms with Gasteiger partial charge in [0.2, 0.25) is 11.8 Å². The molecule has 1 N–H and O–H groups in total. The van der Waals surface area contributed by atoms with Crippen molar-refractivity contribution in [3.8, 4) is 11.5 Å². The largest absolute Gasteiger partial charge is 0.497 e. The monoisotopic (exact) mass is 595 g/mol. The predicted octanol–water partition coefficient (Wildman–Crippen LogP) is 5.01. The van der Waals surface area contributed by atoms with Crippen LogP contribution in [0.2, 0.25) is 0 Å². The lowest BCUT2D eigenvalue weighted by molar-refractivity contribution is -0.140. The SMILES string of the molecule is CCCCNC(=O)[C@@H](CC)N(Cc1ccc(OC)cc1)C(=O)CN(c1ccccc1OCC)S(=O)(=O)c1ccccc1. The van der Waals surface area contributed by atoms with Gasteiger partial charge >= 0.3 is 0 Å². The first-order valence-corrected chi connectivity index (χ1v) is 15.7. The first kappa shape index (κ1) is 32.5. The summed E-state index contributed by atoms with van der Waals surface area (Å²) >= 11 is 0. The summed E-state index contributed by atoms with van der Waals surface area (Å²) < 4.78 is 40.2. The van der Waals surface area contributed by atoms with Gasteiger partial charge in [0.1, 0.15) is 24.1 Å². The second-order valence-electron chi connectivity index (χ2n) is 9.66. The molecule has 1 atom stereocenters. The van der Waals surface area contributed by atoms with Gasteiger partial charge in [-0.15, -0.1) is 0 Å². The van der Waals surface area contributed by atoms with Gasteiger partial charge in [-0.2, -0.15) is 0 Å². The molecule has 0 saturated heterocycles. The normalized spacial score (nSPS) is 11.8. The Kier molecular flexibility index (Phi) is 12.2. The molecule has 0 aliphatic carbocycles. The van der Waals surface area contributed by atoms with E-state index in [2.05, 4.69) is 5.32 Å². The first-order valence-electron chi connectivity index (χ1n) is 14.3. The lowest BCUT2D eigenvalue weighted by Crippen LogP contribution is -2.52. The molecule has 0 fully saturated rings. The lowest BCUT2D eigenvalue weighted by atomic mass is 10.1. The smallest absolute Gasteiger partial charge is 0.264 e. The highest BCUT2D eigenvalue weighted by molar-refractivity contribution is 7.92. The summed E-state index contributed by atoms with van der Waals surface area (Å²) in [6.45, 7) is 6.05. The average molecular weight is 596 g/mol. The van der Waals surface area contributed by atoms with Crippen LogP contribution in [-0.4, -0.2) is 58.0 Å². The highest BCUT2D eigenvalue weighted by atomic mass is 32.2. The molecule has 0 bridgehead atoms. The number of nitrogens with one attached hydrogen (secondary N) is 1. The van der Waals surface area contributed by atoms with E-state index in [1.54, 1.807) is 68.6 Å². The summed E-state index contributed by atoms with van der Waals surface area (Å²) in [6.07, 6.45) is 2.07. The first-order chi connectivity index (χ1) is 20.3. The van der Waals surface area contributed by atoms with E-state index in [0.717, 1.165) is 22.7 Å². The number of carbonyl (C=O) groups is 2. The molecular weight excluding hydrogens is 554 g/mol. The molecule has 0 heterocycles. The topological polar surface area (TPSA) is 105 Å². The zero-order chi connectivity index (χ0) is 30.5.